The average Bonchev–Trinajstić information content (AvgIpc) is 3.02. The highest BCUT2D eigenvalue weighted by atomic mass is 15.3. The highest BCUT2D eigenvalue weighted by molar-refractivity contribution is 5.81. The van der Waals surface area contributed by atoms with Crippen molar-refractivity contribution in [1.82, 2.24) is 19.6 Å². The fourth-order valence-corrected chi connectivity index (χ4v) is 3.71. The molecular formula is C21H26N4. The van der Waals surface area contributed by atoms with Crippen molar-refractivity contribution in [3.05, 3.63) is 65.9 Å². The van der Waals surface area contributed by atoms with Crippen molar-refractivity contribution in [1.29, 1.82) is 0 Å². The molecule has 1 fully saturated rings. The molecule has 1 saturated heterocycles. The molecule has 4 nitrogen and oxygen atoms in total. The Balaban J connectivity index is 1.39. The molecule has 0 radical (unpaired) electrons. The van der Waals surface area contributed by atoms with Crippen molar-refractivity contribution in [3.8, 4) is 0 Å². The van der Waals surface area contributed by atoms with E-state index in [0.717, 1.165) is 45.8 Å². The maximum absolute atomic E-state index is 4.85. The molecule has 0 atom stereocenters. The molecule has 0 N–H and O–H groups in total. The Bertz CT molecular complexity index is 816. The molecule has 4 heteroatoms. The normalized spacial score (nSPS) is 16.5. The lowest BCUT2D eigenvalue weighted by Crippen LogP contribution is -2.45. The Morgan fingerprint density at radius 3 is 2.16 bits per heavy atom. The largest absolute Gasteiger partial charge is 0.297 e. The third kappa shape index (κ3) is 3.60. The second-order valence-corrected chi connectivity index (χ2v) is 6.82. The van der Waals surface area contributed by atoms with Crippen LogP contribution >= 0.6 is 0 Å². The van der Waals surface area contributed by atoms with Crippen molar-refractivity contribution in [3.63, 3.8) is 0 Å². The molecule has 1 aliphatic heterocycles. The number of piperazine rings is 1. The summed E-state index contributed by atoms with van der Waals surface area (Å²) >= 11 is 0. The van der Waals surface area contributed by atoms with Crippen LogP contribution < -0.4 is 0 Å². The molecule has 0 amide bonds. The smallest absolute Gasteiger partial charge is 0.0843 e. The van der Waals surface area contributed by atoms with Crippen molar-refractivity contribution < 1.29 is 0 Å². The van der Waals surface area contributed by atoms with E-state index in [9.17, 15) is 0 Å². The van der Waals surface area contributed by atoms with Gasteiger partial charge in [0.25, 0.3) is 0 Å². The van der Waals surface area contributed by atoms with E-state index in [-0.39, 0.29) is 0 Å². The van der Waals surface area contributed by atoms with Gasteiger partial charge in [0.05, 0.1) is 11.2 Å². The maximum Gasteiger partial charge on any atom is 0.0843 e. The standard InChI is InChI=1S/C21H26N4/c1-2-25-21-11-7-6-10-19(21)20(22-25)17-24-14-12-23(13-15-24)16-18-8-4-3-5-9-18/h3-11H,2,12-17H2,1H3. The number of para-hydroxylation sites is 1. The summed E-state index contributed by atoms with van der Waals surface area (Å²) < 4.78 is 2.12. The van der Waals surface area contributed by atoms with E-state index in [1.165, 1.54) is 22.2 Å². The Hall–Kier alpha value is -2.17. The van der Waals surface area contributed by atoms with Crippen molar-refractivity contribution in [2.45, 2.75) is 26.6 Å². The molecule has 0 bridgehead atoms. The van der Waals surface area contributed by atoms with Gasteiger partial charge in [0.15, 0.2) is 0 Å². The van der Waals surface area contributed by atoms with E-state index < -0.39 is 0 Å². The Labute approximate surface area is 149 Å². The van der Waals surface area contributed by atoms with Gasteiger partial charge in [-0.05, 0) is 18.6 Å². The summed E-state index contributed by atoms with van der Waals surface area (Å²) in [7, 11) is 0. The zero-order valence-electron chi connectivity index (χ0n) is 14.9. The van der Waals surface area contributed by atoms with Crippen LogP contribution in [0.2, 0.25) is 0 Å². The molecule has 4 rings (SSSR count). The molecule has 1 aliphatic rings. The molecule has 2 aromatic carbocycles. The first-order chi connectivity index (χ1) is 12.3. The van der Waals surface area contributed by atoms with Crippen LogP contribution in [-0.2, 0) is 19.6 Å². The van der Waals surface area contributed by atoms with Crippen LogP contribution in [0.1, 0.15) is 18.2 Å². The molecule has 0 aliphatic carbocycles. The van der Waals surface area contributed by atoms with Crippen LogP contribution in [0.25, 0.3) is 10.9 Å². The maximum atomic E-state index is 4.85. The molecule has 3 aromatic rings. The molecular weight excluding hydrogens is 308 g/mol. The number of nitrogens with zero attached hydrogens (tertiary/aromatic N) is 4. The van der Waals surface area contributed by atoms with E-state index in [1.54, 1.807) is 0 Å². The van der Waals surface area contributed by atoms with E-state index in [4.69, 9.17) is 5.10 Å². The predicted octanol–water partition coefficient (Wildman–Crippen LogP) is 3.37. The van der Waals surface area contributed by atoms with Gasteiger partial charge in [0.1, 0.15) is 0 Å². The summed E-state index contributed by atoms with van der Waals surface area (Å²) in [4.78, 5) is 5.09. The number of hydrogen-bond acceptors (Lipinski definition) is 3. The zero-order valence-corrected chi connectivity index (χ0v) is 14.9. The van der Waals surface area contributed by atoms with Crippen LogP contribution in [0.15, 0.2) is 54.6 Å². The number of hydrogen-bond donors (Lipinski definition) is 0. The summed E-state index contributed by atoms with van der Waals surface area (Å²) in [5.74, 6) is 0. The third-order valence-corrected chi connectivity index (χ3v) is 5.12. The first-order valence-electron chi connectivity index (χ1n) is 9.26. The van der Waals surface area contributed by atoms with Crippen LogP contribution in [0.4, 0.5) is 0 Å². The number of aromatic nitrogens is 2. The van der Waals surface area contributed by atoms with Gasteiger partial charge in [0.2, 0.25) is 0 Å². The minimum atomic E-state index is 0.922. The molecule has 2 heterocycles. The van der Waals surface area contributed by atoms with Crippen LogP contribution in [0.5, 0.6) is 0 Å². The van der Waals surface area contributed by atoms with E-state index in [1.807, 2.05) is 0 Å². The van der Waals surface area contributed by atoms with Gasteiger partial charge in [-0.3, -0.25) is 14.5 Å². The highest BCUT2D eigenvalue weighted by Gasteiger charge is 2.19. The van der Waals surface area contributed by atoms with Gasteiger partial charge >= 0.3 is 0 Å². The summed E-state index contributed by atoms with van der Waals surface area (Å²) in [6.45, 7) is 9.56. The summed E-state index contributed by atoms with van der Waals surface area (Å²) in [5.41, 5.74) is 3.88. The second kappa shape index (κ2) is 7.38. The number of fused-ring (bicyclic) bond motifs is 1. The average molecular weight is 334 g/mol. The third-order valence-electron chi connectivity index (χ3n) is 5.12. The number of rotatable bonds is 5. The Morgan fingerprint density at radius 1 is 0.800 bits per heavy atom. The summed E-state index contributed by atoms with van der Waals surface area (Å²) in [6, 6.07) is 19.4. The number of aryl methyl sites for hydroxylation is 1. The van der Waals surface area contributed by atoms with Crippen LogP contribution in [0.3, 0.4) is 0 Å². The fourth-order valence-electron chi connectivity index (χ4n) is 3.71. The molecule has 130 valence electrons. The van der Waals surface area contributed by atoms with Crippen molar-refractivity contribution in [2.75, 3.05) is 26.2 Å². The van der Waals surface area contributed by atoms with E-state index >= 15 is 0 Å². The van der Waals surface area contributed by atoms with Gasteiger partial charge in [-0.2, -0.15) is 5.10 Å². The summed E-state index contributed by atoms with van der Waals surface area (Å²) in [5, 5.41) is 6.15. The molecule has 0 unspecified atom stereocenters. The fraction of sp³-hybridized carbons (Fsp3) is 0.381. The van der Waals surface area contributed by atoms with E-state index in [2.05, 4.69) is 76.0 Å². The van der Waals surface area contributed by atoms with E-state index in [0.29, 0.717) is 0 Å². The zero-order chi connectivity index (χ0) is 17.1. The molecule has 0 saturated carbocycles. The lowest BCUT2D eigenvalue weighted by Gasteiger charge is -2.34. The monoisotopic (exact) mass is 334 g/mol. The lowest BCUT2D eigenvalue weighted by molar-refractivity contribution is 0.121. The molecule has 0 spiro atoms. The lowest BCUT2D eigenvalue weighted by atomic mass is 10.1. The van der Waals surface area contributed by atoms with Gasteiger partial charge < -0.3 is 0 Å². The van der Waals surface area contributed by atoms with Crippen molar-refractivity contribution >= 4 is 10.9 Å². The molecule has 25 heavy (non-hydrogen) atoms. The minimum Gasteiger partial charge on any atom is -0.297 e. The van der Waals surface area contributed by atoms with Crippen LogP contribution in [-0.4, -0.2) is 45.8 Å². The second-order valence-electron chi connectivity index (χ2n) is 6.82. The van der Waals surface area contributed by atoms with Gasteiger partial charge in [-0.25, -0.2) is 0 Å². The Kier molecular flexibility index (Phi) is 4.81. The predicted molar refractivity (Wildman–Crippen MR) is 102 cm³/mol. The number of benzene rings is 2. The topological polar surface area (TPSA) is 24.3 Å². The van der Waals surface area contributed by atoms with Gasteiger partial charge in [0, 0.05) is 51.2 Å². The Morgan fingerprint density at radius 2 is 1.44 bits per heavy atom. The minimum absolute atomic E-state index is 0.922. The molecule has 1 aromatic heterocycles. The first-order valence-corrected chi connectivity index (χ1v) is 9.26. The van der Waals surface area contributed by atoms with Crippen molar-refractivity contribution in [2.24, 2.45) is 0 Å². The highest BCUT2D eigenvalue weighted by Crippen LogP contribution is 2.20. The van der Waals surface area contributed by atoms with Crippen LogP contribution in [0, 0.1) is 0 Å². The van der Waals surface area contributed by atoms with Gasteiger partial charge in [-0.15, -0.1) is 0 Å². The summed E-state index contributed by atoms with van der Waals surface area (Å²) in [6.07, 6.45) is 0. The first kappa shape index (κ1) is 16.3. The SMILES string of the molecule is CCn1nc(CN2CCN(Cc3ccccc3)CC2)c2ccccc21. The van der Waals surface area contributed by atoms with Gasteiger partial charge in [-0.1, -0.05) is 48.5 Å². The quantitative estimate of drug-likeness (QED) is 0.715.